The first-order valence-corrected chi connectivity index (χ1v) is 8.41. The fourth-order valence-electron chi connectivity index (χ4n) is 2.29. The van der Waals surface area contributed by atoms with Crippen molar-refractivity contribution in [2.24, 2.45) is 0 Å². The highest BCUT2D eigenvalue weighted by atomic mass is 19.4. The van der Waals surface area contributed by atoms with Crippen molar-refractivity contribution >= 4 is 12.1 Å². The number of nitrogens with one attached hydrogen (secondary N) is 1. The lowest BCUT2D eigenvalue weighted by molar-refractivity contribution is -0.173. The third-order valence-electron chi connectivity index (χ3n) is 3.62. The second kappa shape index (κ2) is 11.6. The van der Waals surface area contributed by atoms with Gasteiger partial charge in [0.05, 0.1) is 20.5 Å². The number of allylic oxidation sites excluding steroid dienone is 1. The molecule has 0 spiro atoms. The molecule has 0 fully saturated rings. The van der Waals surface area contributed by atoms with E-state index in [1.54, 1.807) is 24.3 Å². The summed E-state index contributed by atoms with van der Waals surface area (Å²) in [5.41, 5.74) is 1.41. The minimum atomic E-state index is -4.93. The standard InChI is InChI=1S/C19H22F3NO6/c1-4-28-18(25)29-10-6-5-7-13-11-15(26-2)16(27-3)12-14(13)8-9-23-17(24)19(20,21)22/h4-6,11-12H,1,7-10H2,2-3H3,(H,23,24)/b6-5-. The van der Waals surface area contributed by atoms with Crippen molar-refractivity contribution in [1.29, 1.82) is 0 Å². The van der Waals surface area contributed by atoms with Gasteiger partial charge in [0, 0.05) is 6.54 Å². The van der Waals surface area contributed by atoms with Crippen molar-refractivity contribution in [3.8, 4) is 11.5 Å². The first-order chi connectivity index (χ1) is 13.7. The summed E-state index contributed by atoms with van der Waals surface area (Å²) in [6.45, 7) is 2.98. The van der Waals surface area contributed by atoms with Crippen LogP contribution in [0.15, 0.2) is 37.1 Å². The number of carbonyl (C=O) groups excluding carboxylic acids is 2. The molecular formula is C19H22F3NO6. The number of carbonyl (C=O) groups is 2. The van der Waals surface area contributed by atoms with Gasteiger partial charge in [0.25, 0.3) is 0 Å². The Morgan fingerprint density at radius 1 is 1.10 bits per heavy atom. The molecule has 1 aromatic rings. The normalized spacial score (nSPS) is 11.1. The summed E-state index contributed by atoms with van der Waals surface area (Å²) >= 11 is 0. The minimum Gasteiger partial charge on any atom is -0.493 e. The average Bonchev–Trinajstić information content (AvgIpc) is 2.67. The van der Waals surface area contributed by atoms with Crippen molar-refractivity contribution < 1.29 is 41.7 Å². The number of hydrogen-bond donors (Lipinski definition) is 1. The Hall–Kier alpha value is -3.17. The summed E-state index contributed by atoms with van der Waals surface area (Å²) in [6.07, 6.45) is -1.07. The van der Waals surface area contributed by atoms with Crippen LogP contribution in [0.1, 0.15) is 11.1 Å². The van der Waals surface area contributed by atoms with E-state index in [1.807, 2.05) is 5.32 Å². The third kappa shape index (κ3) is 8.16. The molecule has 0 heterocycles. The molecule has 0 unspecified atom stereocenters. The fraction of sp³-hybridized carbons (Fsp3) is 0.368. The molecule has 0 bridgehead atoms. The fourth-order valence-corrected chi connectivity index (χ4v) is 2.29. The van der Waals surface area contributed by atoms with Gasteiger partial charge in [-0.1, -0.05) is 18.7 Å². The van der Waals surface area contributed by atoms with Crippen LogP contribution in [0.5, 0.6) is 11.5 Å². The van der Waals surface area contributed by atoms with Gasteiger partial charge in [-0.25, -0.2) is 4.79 Å². The first kappa shape index (κ1) is 23.9. The van der Waals surface area contributed by atoms with Gasteiger partial charge in [-0.15, -0.1) is 0 Å². The zero-order valence-corrected chi connectivity index (χ0v) is 16.0. The Labute approximate surface area is 166 Å². The van der Waals surface area contributed by atoms with Crippen LogP contribution < -0.4 is 14.8 Å². The summed E-state index contributed by atoms with van der Waals surface area (Å²) < 4.78 is 56.5. The van der Waals surface area contributed by atoms with Crippen LogP contribution >= 0.6 is 0 Å². The summed E-state index contributed by atoms with van der Waals surface area (Å²) in [5.74, 6) is -1.14. The molecule has 7 nitrogen and oxygen atoms in total. The SMILES string of the molecule is C=COC(=O)OC/C=C\Cc1cc(OC)c(OC)cc1CCNC(=O)C(F)(F)F. The van der Waals surface area contributed by atoms with Crippen molar-refractivity contribution in [2.45, 2.75) is 19.0 Å². The lowest BCUT2D eigenvalue weighted by Gasteiger charge is -2.15. The number of halogens is 3. The van der Waals surface area contributed by atoms with E-state index in [2.05, 4.69) is 11.3 Å². The number of methoxy groups -OCH3 is 2. The zero-order chi connectivity index (χ0) is 21.9. The number of amides is 1. The summed E-state index contributed by atoms with van der Waals surface area (Å²) in [6, 6.07) is 3.33. The maximum Gasteiger partial charge on any atom is 0.513 e. The van der Waals surface area contributed by atoms with E-state index in [1.165, 1.54) is 14.2 Å². The van der Waals surface area contributed by atoms with Crippen LogP contribution in [-0.4, -0.2) is 45.6 Å². The van der Waals surface area contributed by atoms with Gasteiger partial charge in [-0.3, -0.25) is 4.79 Å². The molecule has 0 aliphatic rings. The molecule has 0 aliphatic heterocycles. The molecule has 1 rings (SSSR count). The van der Waals surface area contributed by atoms with E-state index >= 15 is 0 Å². The topological polar surface area (TPSA) is 83.1 Å². The highest BCUT2D eigenvalue weighted by molar-refractivity contribution is 5.81. The van der Waals surface area contributed by atoms with Gasteiger partial charge in [-0.2, -0.15) is 13.2 Å². The van der Waals surface area contributed by atoms with Crippen LogP contribution in [-0.2, 0) is 27.1 Å². The van der Waals surface area contributed by atoms with E-state index in [0.29, 0.717) is 23.5 Å². The number of hydrogen-bond acceptors (Lipinski definition) is 6. The van der Waals surface area contributed by atoms with Crippen molar-refractivity contribution in [3.05, 3.63) is 48.3 Å². The van der Waals surface area contributed by atoms with E-state index in [4.69, 9.17) is 14.2 Å². The van der Waals surface area contributed by atoms with Crippen molar-refractivity contribution in [1.82, 2.24) is 5.32 Å². The lowest BCUT2D eigenvalue weighted by Crippen LogP contribution is -2.37. The predicted octanol–water partition coefficient (Wildman–Crippen LogP) is 3.32. The Kier molecular flexibility index (Phi) is 9.57. The zero-order valence-electron chi connectivity index (χ0n) is 16.0. The van der Waals surface area contributed by atoms with Crippen LogP contribution in [0.3, 0.4) is 0 Å². The molecule has 0 saturated carbocycles. The second-order valence-corrected chi connectivity index (χ2v) is 5.50. The number of ether oxygens (including phenoxy) is 4. The largest absolute Gasteiger partial charge is 0.513 e. The summed E-state index contributed by atoms with van der Waals surface area (Å²) in [5, 5.41) is 1.83. The van der Waals surface area contributed by atoms with Gasteiger partial charge in [0.15, 0.2) is 11.5 Å². The molecule has 1 aromatic carbocycles. The highest BCUT2D eigenvalue weighted by Crippen LogP contribution is 2.31. The van der Waals surface area contributed by atoms with E-state index in [0.717, 1.165) is 11.8 Å². The Balaban J connectivity index is 2.83. The quantitative estimate of drug-likeness (QED) is 0.357. The van der Waals surface area contributed by atoms with Gasteiger partial charge < -0.3 is 24.3 Å². The van der Waals surface area contributed by atoms with Crippen LogP contribution in [0, 0.1) is 0 Å². The maximum absolute atomic E-state index is 12.3. The van der Waals surface area contributed by atoms with E-state index in [9.17, 15) is 22.8 Å². The predicted molar refractivity (Wildman–Crippen MR) is 97.8 cm³/mol. The van der Waals surface area contributed by atoms with E-state index < -0.39 is 18.2 Å². The molecule has 0 aromatic heterocycles. The Morgan fingerprint density at radius 2 is 1.72 bits per heavy atom. The highest BCUT2D eigenvalue weighted by Gasteiger charge is 2.38. The Bertz CT molecular complexity index is 746. The van der Waals surface area contributed by atoms with Crippen LogP contribution in [0.4, 0.5) is 18.0 Å². The molecule has 0 radical (unpaired) electrons. The van der Waals surface area contributed by atoms with Crippen LogP contribution in [0.25, 0.3) is 0 Å². The molecule has 0 saturated heterocycles. The lowest BCUT2D eigenvalue weighted by atomic mass is 10.00. The summed E-state index contributed by atoms with van der Waals surface area (Å²) in [7, 11) is 2.89. The minimum absolute atomic E-state index is 0.0308. The first-order valence-electron chi connectivity index (χ1n) is 8.41. The van der Waals surface area contributed by atoms with Crippen molar-refractivity contribution in [2.75, 3.05) is 27.4 Å². The van der Waals surface area contributed by atoms with Crippen molar-refractivity contribution in [3.63, 3.8) is 0 Å². The smallest absolute Gasteiger partial charge is 0.493 e. The second-order valence-electron chi connectivity index (χ2n) is 5.50. The van der Waals surface area contributed by atoms with Gasteiger partial charge >= 0.3 is 18.2 Å². The van der Waals surface area contributed by atoms with Gasteiger partial charge in [0.1, 0.15) is 6.61 Å². The van der Waals surface area contributed by atoms with Gasteiger partial charge in [-0.05, 0) is 36.1 Å². The Morgan fingerprint density at radius 3 is 2.28 bits per heavy atom. The molecule has 10 heteroatoms. The average molecular weight is 417 g/mol. The third-order valence-corrected chi connectivity index (χ3v) is 3.62. The molecule has 29 heavy (non-hydrogen) atoms. The number of rotatable bonds is 10. The maximum atomic E-state index is 12.3. The van der Waals surface area contributed by atoms with E-state index in [-0.39, 0.29) is 19.6 Å². The number of alkyl halides is 3. The number of benzene rings is 1. The van der Waals surface area contributed by atoms with Crippen LogP contribution in [0.2, 0.25) is 0 Å². The van der Waals surface area contributed by atoms with Gasteiger partial charge in [0.2, 0.25) is 0 Å². The summed E-state index contributed by atoms with van der Waals surface area (Å²) in [4.78, 5) is 22.0. The molecule has 1 amide bonds. The molecule has 0 aliphatic carbocycles. The molecule has 160 valence electrons. The molecular weight excluding hydrogens is 395 g/mol. The molecule has 1 N–H and O–H groups in total. The molecule has 0 atom stereocenters. The monoisotopic (exact) mass is 417 g/mol.